The molecule has 1 saturated carbocycles. The first-order valence-corrected chi connectivity index (χ1v) is 8.70. The minimum atomic E-state index is -3.80. The standard InChI is InChI=1S/C11H18ClN3O2S/c1-2-15-10(8-9-6-4-3-5-7-9)13-14-11(15)18(12,16)17/h9H,2-8H2,1H3. The van der Waals surface area contributed by atoms with Gasteiger partial charge in [-0.2, -0.15) is 0 Å². The van der Waals surface area contributed by atoms with Crippen LogP contribution in [0.3, 0.4) is 0 Å². The van der Waals surface area contributed by atoms with Gasteiger partial charge in [-0.25, -0.2) is 8.42 Å². The number of hydrogen-bond donors (Lipinski definition) is 0. The minimum absolute atomic E-state index is 0.127. The molecule has 5 nitrogen and oxygen atoms in total. The lowest BCUT2D eigenvalue weighted by Gasteiger charge is -2.21. The van der Waals surface area contributed by atoms with E-state index in [4.69, 9.17) is 10.7 Å². The van der Waals surface area contributed by atoms with Crippen molar-refractivity contribution in [3.63, 3.8) is 0 Å². The van der Waals surface area contributed by atoms with E-state index in [0.717, 1.165) is 12.2 Å². The van der Waals surface area contributed by atoms with Crippen LogP contribution in [0.5, 0.6) is 0 Å². The molecule has 0 aliphatic heterocycles. The molecule has 102 valence electrons. The zero-order valence-electron chi connectivity index (χ0n) is 10.5. The number of nitrogens with zero attached hydrogens (tertiary/aromatic N) is 3. The molecule has 0 atom stereocenters. The molecule has 0 radical (unpaired) electrons. The average molecular weight is 292 g/mol. The molecular weight excluding hydrogens is 274 g/mol. The lowest BCUT2D eigenvalue weighted by atomic mass is 9.87. The van der Waals surface area contributed by atoms with Gasteiger partial charge in [0.25, 0.3) is 14.2 Å². The van der Waals surface area contributed by atoms with Crippen molar-refractivity contribution >= 4 is 19.7 Å². The highest BCUT2D eigenvalue weighted by Crippen LogP contribution is 2.27. The van der Waals surface area contributed by atoms with Gasteiger partial charge in [0.05, 0.1) is 0 Å². The molecule has 1 heterocycles. The molecule has 18 heavy (non-hydrogen) atoms. The van der Waals surface area contributed by atoms with Gasteiger partial charge in [0.15, 0.2) is 0 Å². The van der Waals surface area contributed by atoms with Gasteiger partial charge in [-0.1, -0.05) is 32.1 Å². The first-order chi connectivity index (χ1) is 8.52. The van der Waals surface area contributed by atoms with Gasteiger partial charge < -0.3 is 4.57 Å². The van der Waals surface area contributed by atoms with Gasteiger partial charge in [0, 0.05) is 23.6 Å². The summed E-state index contributed by atoms with van der Waals surface area (Å²) in [5.41, 5.74) is 0. The Morgan fingerprint density at radius 2 is 1.94 bits per heavy atom. The Hall–Kier alpha value is -0.620. The summed E-state index contributed by atoms with van der Waals surface area (Å²) >= 11 is 0. The Morgan fingerprint density at radius 3 is 2.50 bits per heavy atom. The minimum Gasteiger partial charge on any atom is -0.301 e. The summed E-state index contributed by atoms with van der Waals surface area (Å²) in [6, 6.07) is 0. The zero-order chi connectivity index (χ0) is 13.2. The molecular formula is C11H18ClN3O2S. The lowest BCUT2D eigenvalue weighted by Crippen LogP contribution is -2.14. The SMILES string of the molecule is CCn1c(CC2CCCCC2)nnc1S(=O)(=O)Cl. The van der Waals surface area contributed by atoms with Gasteiger partial charge in [0.2, 0.25) is 0 Å². The molecule has 0 aromatic carbocycles. The molecule has 0 unspecified atom stereocenters. The van der Waals surface area contributed by atoms with Crippen molar-refractivity contribution in [2.24, 2.45) is 5.92 Å². The van der Waals surface area contributed by atoms with Crippen molar-refractivity contribution in [2.45, 2.75) is 57.1 Å². The first kappa shape index (κ1) is 13.8. The predicted molar refractivity (Wildman–Crippen MR) is 69.0 cm³/mol. The van der Waals surface area contributed by atoms with E-state index in [0.29, 0.717) is 12.5 Å². The predicted octanol–water partition coefficient (Wildman–Crippen LogP) is 2.35. The quantitative estimate of drug-likeness (QED) is 0.799. The molecule has 0 bridgehead atoms. The topological polar surface area (TPSA) is 64.8 Å². The summed E-state index contributed by atoms with van der Waals surface area (Å²) in [4.78, 5) is 0. The Kier molecular flexibility index (Phi) is 4.27. The van der Waals surface area contributed by atoms with Crippen molar-refractivity contribution in [2.75, 3.05) is 0 Å². The second kappa shape index (κ2) is 5.57. The first-order valence-electron chi connectivity index (χ1n) is 6.39. The molecule has 1 aromatic rings. The summed E-state index contributed by atoms with van der Waals surface area (Å²) in [7, 11) is 1.54. The van der Waals surface area contributed by atoms with Crippen molar-refractivity contribution < 1.29 is 8.42 Å². The number of aromatic nitrogens is 3. The molecule has 0 saturated heterocycles. The Labute approximate surface area is 112 Å². The van der Waals surface area contributed by atoms with E-state index >= 15 is 0 Å². The highest BCUT2D eigenvalue weighted by Gasteiger charge is 2.24. The van der Waals surface area contributed by atoms with Crippen LogP contribution in [0.2, 0.25) is 0 Å². The maximum atomic E-state index is 11.4. The van der Waals surface area contributed by atoms with Crippen LogP contribution in [0.4, 0.5) is 0 Å². The largest absolute Gasteiger partial charge is 0.301 e. The van der Waals surface area contributed by atoms with E-state index in [-0.39, 0.29) is 5.16 Å². The fourth-order valence-corrected chi connectivity index (χ4v) is 3.60. The molecule has 1 aliphatic rings. The number of rotatable bonds is 4. The maximum absolute atomic E-state index is 11.4. The summed E-state index contributed by atoms with van der Waals surface area (Å²) in [5.74, 6) is 1.34. The highest BCUT2D eigenvalue weighted by atomic mass is 35.7. The Bertz CT molecular complexity index is 506. The van der Waals surface area contributed by atoms with Crippen LogP contribution in [0.15, 0.2) is 5.16 Å². The van der Waals surface area contributed by atoms with E-state index in [2.05, 4.69) is 10.2 Å². The average Bonchev–Trinajstić information content (AvgIpc) is 2.73. The molecule has 7 heteroatoms. The zero-order valence-corrected chi connectivity index (χ0v) is 12.0. The van der Waals surface area contributed by atoms with Crippen molar-refractivity contribution in [3.05, 3.63) is 5.82 Å². The van der Waals surface area contributed by atoms with Crippen molar-refractivity contribution in [1.29, 1.82) is 0 Å². The second-order valence-corrected chi connectivity index (χ2v) is 7.25. The lowest BCUT2D eigenvalue weighted by molar-refractivity contribution is 0.347. The van der Waals surface area contributed by atoms with E-state index in [9.17, 15) is 8.42 Å². The number of hydrogen-bond acceptors (Lipinski definition) is 4. The summed E-state index contributed by atoms with van der Waals surface area (Å²) in [5, 5.41) is 7.59. The Balaban J connectivity index is 2.20. The van der Waals surface area contributed by atoms with Gasteiger partial charge in [-0.3, -0.25) is 0 Å². The fourth-order valence-electron chi connectivity index (χ4n) is 2.62. The van der Waals surface area contributed by atoms with Crippen LogP contribution in [0.1, 0.15) is 44.9 Å². The van der Waals surface area contributed by atoms with Crippen molar-refractivity contribution in [3.8, 4) is 0 Å². The van der Waals surface area contributed by atoms with Crippen LogP contribution in [-0.2, 0) is 22.0 Å². The Morgan fingerprint density at radius 1 is 1.28 bits per heavy atom. The smallest absolute Gasteiger partial charge is 0.296 e. The maximum Gasteiger partial charge on any atom is 0.296 e. The molecule has 2 rings (SSSR count). The molecule has 0 spiro atoms. The van der Waals surface area contributed by atoms with Gasteiger partial charge in [-0.05, 0) is 12.8 Å². The fraction of sp³-hybridized carbons (Fsp3) is 0.818. The van der Waals surface area contributed by atoms with Crippen LogP contribution >= 0.6 is 10.7 Å². The molecule has 0 N–H and O–H groups in total. The van der Waals surface area contributed by atoms with Gasteiger partial charge in [-0.15, -0.1) is 10.2 Å². The van der Waals surface area contributed by atoms with Crippen LogP contribution in [-0.4, -0.2) is 23.2 Å². The molecule has 0 amide bonds. The highest BCUT2D eigenvalue weighted by molar-refractivity contribution is 8.13. The third kappa shape index (κ3) is 3.03. The normalized spacial score (nSPS) is 18.1. The van der Waals surface area contributed by atoms with Gasteiger partial charge in [0.1, 0.15) is 5.82 Å². The molecule has 1 aliphatic carbocycles. The summed E-state index contributed by atoms with van der Waals surface area (Å²) in [6.07, 6.45) is 7.00. The summed E-state index contributed by atoms with van der Waals surface area (Å²) in [6.45, 7) is 2.40. The van der Waals surface area contributed by atoms with E-state index < -0.39 is 9.05 Å². The van der Waals surface area contributed by atoms with Crippen LogP contribution in [0, 0.1) is 5.92 Å². The summed E-state index contributed by atoms with van der Waals surface area (Å²) < 4.78 is 24.3. The van der Waals surface area contributed by atoms with Crippen LogP contribution < -0.4 is 0 Å². The third-order valence-corrected chi connectivity index (χ3v) is 4.68. The van der Waals surface area contributed by atoms with E-state index in [1.54, 1.807) is 4.57 Å². The van der Waals surface area contributed by atoms with Crippen molar-refractivity contribution in [1.82, 2.24) is 14.8 Å². The third-order valence-electron chi connectivity index (χ3n) is 3.52. The van der Waals surface area contributed by atoms with Gasteiger partial charge >= 0.3 is 0 Å². The number of halogens is 1. The van der Waals surface area contributed by atoms with E-state index in [1.807, 2.05) is 6.92 Å². The molecule has 1 aromatic heterocycles. The molecule has 1 fully saturated rings. The van der Waals surface area contributed by atoms with E-state index in [1.165, 1.54) is 32.1 Å². The second-order valence-electron chi connectivity index (χ2n) is 4.79. The monoisotopic (exact) mass is 291 g/mol. The van der Waals surface area contributed by atoms with Crippen LogP contribution in [0.25, 0.3) is 0 Å².